The molecule has 2 aliphatic rings. The first-order valence-corrected chi connectivity index (χ1v) is 8.09. The molecule has 4 rings (SSSR count). The van der Waals surface area contributed by atoms with Crippen LogP contribution in [0.5, 0.6) is 0 Å². The third-order valence-corrected chi connectivity index (χ3v) is 5.03. The zero-order chi connectivity index (χ0) is 16.7. The molecule has 2 aliphatic heterocycles. The Morgan fingerprint density at radius 2 is 1.71 bits per heavy atom. The van der Waals surface area contributed by atoms with Crippen molar-refractivity contribution < 1.29 is 4.79 Å². The van der Waals surface area contributed by atoms with Gasteiger partial charge in [-0.05, 0) is 48.9 Å². The number of piperazine rings is 1. The summed E-state index contributed by atoms with van der Waals surface area (Å²) in [6.07, 6.45) is 1.12. The lowest BCUT2D eigenvalue weighted by Crippen LogP contribution is -2.46. The SMILES string of the molecule is N#Cc1cccc(N2C[C@@H]3C[C@H]2CN3c2ccc(C(N)=O)cc2)c1. The van der Waals surface area contributed by atoms with Crippen molar-refractivity contribution >= 4 is 17.3 Å². The summed E-state index contributed by atoms with van der Waals surface area (Å²) in [5, 5.41) is 9.08. The van der Waals surface area contributed by atoms with E-state index in [1.54, 1.807) is 12.1 Å². The van der Waals surface area contributed by atoms with Crippen LogP contribution in [0.1, 0.15) is 22.3 Å². The van der Waals surface area contributed by atoms with Gasteiger partial charge >= 0.3 is 0 Å². The maximum absolute atomic E-state index is 11.2. The summed E-state index contributed by atoms with van der Waals surface area (Å²) in [5.74, 6) is -0.395. The fourth-order valence-electron chi connectivity index (χ4n) is 3.87. The predicted octanol–water partition coefficient (Wildman–Crippen LogP) is 2.12. The molecular formula is C19H18N4O. The smallest absolute Gasteiger partial charge is 0.248 e. The van der Waals surface area contributed by atoms with Crippen molar-refractivity contribution in [3.05, 3.63) is 59.7 Å². The monoisotopic (exact) mass is 318 g/mol. The van der Waals surface area contributed by atoms with Gasteiger partial charge in [-0.15, -0.1) is 0 Å². The highest BCUT2D eigenvalue weighted by atomic mass is 16.1. The van der Waals surface area contributed by atoms with Crippen molar-refractivity contribution in [1.29, 1.82) is 5.26 Å². The van der Waals surface area contributed by atoms with Crippen LogP contribution >= 0.6 is 0 Å². The number of carbonyl (C=O) groups is 1. The Kier molecular flexibility index (Phi) is 3.39. The van der Waals surface area contributed by atoms with Crippen LogP contribution in [-0.4, -0.2) is 31.1 Å². The van der Waals surface area contributed by atoms with Crippen molar-refractivity contribution in [1.82, 2.24) is 0 Å². The highest BCUT2D eigenvalue weighted by Crippen LogP contribution is 2.37. The van der Waals surface area contributed by atoms with Gasteiger partial charge in [-0.1, -0.05) is 6.07 Å². The molecule has 1 amide bonds. The number of benzene rings is 2. The van der Waals surface area contributed by atoms with E-state index in [2.05, 4.69) is 21.9 Å². The molecule has 0 radical (unpaired) electrons. The van der Waals surface area contributed by atoms with Gasteiger partial charge in [0.05, 0.1) is 11.6 Å². The van der Waals surface area contributed by atoms with Crippen LogP contribution < -0.4 is 15.5 Å². The maximum atomic E-state index is 11.2. The first-order valence-electron chi connectivity index (χ1n) is 8.09. The third kappa shape index (κ3) is 2.37. The summed E-state index contributed by atoms with van der Waals surface area (Å²) in [6.45, 7) is 1.91. The summed E-state index contributed by atoms with van der Waals surface area (Å²) < 4.78 is 0. The van der Waals surface area contributed by atoms with E-state index in [-0.39, 0.29) is 0 Å². The largest absolute Gasteiger partial charge is 0.366 e. The van der Waals surface area contributed by atoms with Gasteiger partial charge in [0.25, 0.3) is 0 Å². The van der Waals surface area contributed by atoms with Crippen LogP contribution in [0.2, 0.25) is 0 Å². The van der Waals surface area contributed by atoms with Crippen LogP contribution in [0, 0.1) is 11.3 Å². The van der Waals surface area contributed by atoms with Gasteiger partial charge in [-0.3, -0.25) is 4.79 Å². The Morgan fingerprint density at radius 3 is 2.29 bits per heavy atom. The summed E-state index contributed by atoms with van der Waals surface area (Å²) in [4.78, 5) is 16.0. The second-order valence-electron chi connectivity index (χ2n) is 6.42. The second kappa shape index (κ2) is 5.57. The molecule has 0 aliphatic carbocycles. The molecular weight excluding hydrogens is 300 g/mol. The van der Waals surface area contributed by atoms with Crippen LogP contribution in [-0.2, 0) is 0 Å². The minimum atomic E-state index is -0.395. The Hall–Kier alpha value is -3.00. The van der Waals surface area contributed by atoms with Gasteiger partial charge in [-0.25, -0.2) is 0 Å². The van der Waals surface area contributed by atoms with E-state index in [0.717, 1.165) is 30.9 Å². The molecule has 2 bridgehead atoms. The third-order valence-electron chi connectivity index (χ3n) is 5.03. The Balaban J connectivity index is 1.51. The molecule has 120 valence electrons. The van der Waals surface area contributed by atoms with Crippen molar-refractivity contribution in [2.75, 3.05) is 22.9 Å². The Labute approximate surface area is 140 Å². The number of fused-ring (bicyclic) bond motifs is 2. The molecule has 0 spiro atoms. The quantitative estimate of drug-likeness (QED) is 0.941. The molecule has 5 nitrogen and oxygen atoms in total. The zero-order valence-corrected chi connectivity index (χ0v) is 13.2. The van der Waals surface area contributed by atoms with Gasteiger partial charge in [0.1, 0.15) is 0 Å². The van der Waals surface area contributed by atoms with Gasteiger partial charge in [-0.2, -0.15) is 5.26 Å². The first kappa shape index (κ1) is 14.6. The molecule has 2 N–H and O–H groups in total. The van der Waals surface area contributed by atoms with Gasteiger partial charge in [0, 0.05) is 42.1 Å². The average Bonchev–Trinajstić information content (AvgIpc) is 3.22. The molecule has 2 heterocycles. The normalized spacial score (nSPS) is 21.8. The van der Waals surface area contributed by atoms with E-state index in [0.29, 0.717) is 23.2 Å². The van der Waals surface area contributed by atoms with E-state index in [9.17, 15) is 4.79 Å². The number of hydrogen-bond acceptors (Lipinski definition) is 4. The van der Waals surface area contributed by atoms with Crippen LogP contribution in [0.3, 0.4) is 0 Å². The van der Waals surface area contributed by atoms with Crippen LogP contribution in [0.4, 0.5) is 11.4 Å². The first-order chi connectivity index (χ1) is 11.7. The molecule has 2 fully saturated rings. The van der Waals surface area contributed by atoms with E-state index in [1.807, 2.05) is 30.3 Å². The lowest BCUT2D eigenvalue weighted by atomic mass is 10.1. The minimum absolute atomic E-state index is 0.395. The number of nitrogens with two attached hydrogens (primary N) is 1. The van der Waals surface area contributed by atoms with Crippen molar-refractivity contribution in [3.8, 4) is 6.07 Å². The molecule has 0 unspecified atom stereocenters. The van der Waals surface area contributed by atoms with E-state index in [4.69, 9.17) is 11.0 Å². The average molecular weight is 318 g/mol. The molecule has 2 atom stereocenters. The highest BCUT2D eigenvalue weighted by Gasteiger charge is 2.43. The molecule has 0 saturated carbocycles. The number of hydrogen-bond donors (Lipinski definition) is 1. The highest BCUT2D eigenvalue weighted by molar-refractivity contribution is 5.93. The van der Waals surface area contributed by atoms with E-state index >= 15 is 0 Å². The number of carbonyl (C=O) groups excluding carboxylic acids is 1. The summed E-state index contributed by atoms with van der Waals surface area (Å²) >= 11 is 0. The molecule has 5 heteroatoms. The fourth-order valence-corrected chi connectivity index (χ4v) is 3.87. The number of rotatable bonds is 3. The number of primary amides is 1. The van der Waals surface area contributed by atoms with Gasteiger partial charge in [0.2, 0.25) is 5.91 Å². The lowest BCUT2D eigenvalue weighted by molar-refractivity contribution is 0.100. The summed E-state index contributed by atoms with van der Waals surface area (Å²) in [6, 6.07) is 18.5. The summed E-state index contributed by atoms with van der Waals surface area (Å²) in [5.41, 5.74) is 8.81. The van der Waals surface area contributed by atoms with E-state index in [1.165, 1.54) is 0 Å². The molecule has 2 aromatic rings. The van der Waals surface area contributed by atoms with Crippen LogP contribution in [0.25, 0.3) is 0 Å². The number of amides is 1. The standard InChI is InChI=1S/C19H18N4O/c20-10-13-2-1-3-16(8-13)23-12-17-9-18(23)11-22(17)15-6-4-14(5-7-15)19(21)24/h1-8,17-18H,9,11-12H2,(H2,21,24)/t17-,18-/m0/s1. The van der Waals surface area contributed by atoms with Gasteiger partial charge < -0.3 is 15.5 Å². The molecule has 0 aromatic heterocycles. The fraction of sp³-hybridized carbons (Fsp3) is 0.263. The van der Waals surface area contributed by atoms with Crippen molar-refractivity contribution in [3.63, 3.8) is 0 Å². The number of anilines is 2. The second-order valence-corrected chi connectivity index (χ2v) is 6.42. The predicted molar refractivity (Wildman–Crippen MR) is 93.0 cm³/mol. The van der Waals surface area contributed by atoms with E-state index < -0.39 is 5.91 Å². The van der Waals surface area contributed by atoms with Crippen LogP contribution in [0.15, 0.2) is 48.5 Å². The maximum Gasteiger partial charge on any atom is 0.248 e. The minimum Gasteiger partial charge on any atom is -0.366 e. The molecule has 24 heavy (non-hydrogen) atoms. The Morgan fingerprint density at radius 1 is 1.04 bits per heavy atom. The number of nitrogens with zero attached hydrogens (tertiary/aromatic N) is 3. The van der Waals surface area contributed by atoms with Gasteiger partial charge in [0.15, 0.2) is 0 Å². The topological polar surface area (TPSA) is 73.4 Å². The van der Waals surface area contributed by atoms with Crippen molar-refractivity contribution in [2.24, 2.45) is 5.73 Å². The lowest BCUT2D eigenvalue weighted by Gasteiger charge is -2.37. The number of nitriles is 1. The molecule has 2 aromatic carbocycles. The van der Waals surface area contributed by atoms with Crippen molar-refractivity contribution in [2.45, 2.75) is 18.5 Å². The zero-order valence-electron chi connectivity index (χ0n) is 13.2. The summed E-state index contributed by atoms with van der Waals surface area (Å²) in [7, 11) is 0. The Bertz CT molecular complexity index is 824. The molecule has 2 saturated heterocycles.